The molecular weight excluding hydrogens is 374 g/mol. The number of esters is 1. The van der Waals surface area contributed by atoms with Gasteiger partial charge in [-0.15, -0.1) is 4.79 Å². The van der Waals surface area contributed by atoms with Gasteiger partial charge in [-0.25, -0.2) is 8.42 Å². The maximum atomic E-state index is 13.0. The fraction of sp³-hybridized carbons (Fsp3) is 0.471. The molecule has 2 rings (SSSR count). The van der Waals surface area contributed by atoms with Gasteiger partial charge in [0.15, 0.2) is 0 Å². The van der Waals surface area contributed by atoms with E-state index >= 15 is 0 Å². The Labute approximate surface area is 157 Å². The zero-order valence-electron chi connectivity index (χ0n) is 15.3. The average molecular weight is 395 g/mol. The van der Waals surface area contributed by atoms with Gasteiger partial charge in [0.05, 0.1) is 24.7 Å². The Bertz CT molecular complexity index is 875. The van der Waals surface area contributed by atoms with Crippen LogP contribution in [0.15, 0.2) is 35.2 Å². The van der Waals surface area contributed by atoms with Crippen molar-refractivity contribution in [2.45, 2.75) is 43.4 Å². The van der Waals surface area contributed by atoms with E-state index in [2.05, 4.69) is 9.53 Å². The number of nitrogens with zero attached hydrogens (tertiary/aromatic N) is 3. The molecule has 0 spiro atoms. The van der Waals surface area contributed by atoms with Gasteiger partial charge in [0.2, 0.25) is 0 Å². The second-order valence-electron chi connectivity index (χ2n) is 6.42. The zero-order chi connectivity index (χ0) is 20.2. The van der Waals surface area contributed by atoms with Crippen molar-refractivity contribution in [3.63, 3.8) is 0 Å². The molecule has 1 fully saturated rings. The molecule has 27 heavy (non-hydrogen) atoms. The van der Waals surface area contributed by atoms with Gasteiger partial charge in [0.25, 0.3) is 9.84 Å². The van der Waals surface area contributed by atoms with Crippen LogP contribution in [0.5, 0.6) is 0 Å². The Morgan fingerprint density at radius 2 is 1.96 bits per heavy atom. The molecule has 1 heterocycles. The molecule has 10 heteroatoms. The molecule has 0 aromatic heterocycles. The Balaban J connectivity index is 2.36. The van der Waals surface area contributed by atoms with Gasteiger partial charge in [-0.1, -0.05) is 18.2 Å². The summed E-state index contributed by atoms with van der Waals surface area (Å²) in [7, 11) is -3.08. The zero-order valence-corrected chi connectivity index (χ0v) is 16.1. The highest BCUT2D eigenvalue weighted by Crippen LogP contribution is 2.30. The molecule has 0 aliphatic carbocycles. The van der Waals surface area contributed by atoms with Gasteiger partial charge in [0.1, 0.15) is 5.72 Å². The summed E-state index contributed by atoms with van der Waals surface area (Å²) >= 11 is 0. The number of carbonyl (C=O) groups excluding carboxylic acids is 2. The molecular formula is C17H21N3O6S. The van der Waals surface area contributed by atoms with Crippen molar-refractivity contribution >= 4 is 26.8 Å². The molecule has 0 radical (unpaired) electrons. The van der Waals surface area contributed by atoms with Gasteiger partial charge in [0, 0.05) is 6.42 Å². The van der Waals surface area contributed by atoms with Crippen LogP contribution in [-0.2, 0) is 28.9 Å². The van der Waals surface area contributed by atoms with Crippen LogP contribution in [-0.4, -0.2) is 60.5 Å². The van der Waals surface area contributed by atoms with Crippen LogP contribution < -0.4 is 0 Å². The number of sulfone groups is 1. The highest BCUT2D eigenvalue weighted by Gasteiger charge is 2.51. The third kappa shape index (κ3) is 4.24. The lowest BCUT2D eigenvalue weighted by Crippen LogP contribution is -2.52. The number of amides is 1. The summed E-state index contributed by atoms with van der Waals surface area (Å²) in [5, 5.41) is -1.00. The van der Waals surface area contributed by atoms with E-state index in [4.69, 9.17) is 4.74 Å². The number of ether oxygens (including phenoxy) is 2. The van der Waals surface area contributed by atoms with E-state index < -0.39 is 38.5 Å². The second-order valence-corrected chi connectivity index (χ2v) is 8.29. The summed E-state index contributed by atoms with van der Waals surface area (Å²) in [6.45, 7) is 3.29. The van der Waals surface area contributed by atoms with Crippen LogP contribution in [0.25, 0.3) is 5.53 Å². The normalized spacial score (nSPS) is 18.6. The van der Waals surface area contributed by atoms with Crippen molar-refractivity contribution in [1.29, 1.82) is 0 Å². The molecule has 146 valence electrons. The van der Waals surface area contributed by atoms with E-state index in [-0.39, 0.29) is 24.3 Å². The van der Waals surface area contributed by atoms with Gasteiger partial charge < -0.3 is 15.0 Å². The molecule has 1 unspecified atom stereocenters. The number of benzene rings is 1. The van der Waals surface area contributed by atoms with Crippen LogP contribution in [0, 0.1) is 0 Å². The fourth-order valence-electron chi connectivity index (χ4n) is 2.92. The molecule has 1 atom stereocenters. The predicted molar refractivity (Wildman–Crippen MR) is 94.2 cm³/mol. The second kappa shape index (κ2) is 7.99. The van der Waals surface area contributed by atoms with E-state index in [1.807, 2.05) is 0 Å². The molecule has 1 amide bonds. The van der Waals surface area contributed by atoms with Crippen molar-refractivity contribution in [1.82, 2.24) is 4.90 Å². The first-order valence-electron chi connectivity index (χ1n) is 8.21. The Hall–Kier alpha value is -2.55. The van der Waals surface area contributed by atoms with Gasteiger partial charge in [-0.2, -0.15) is 0 Å². The third-order valence-electron chi connectivity index (χ3n) is 4.28. The molecule has 0 N–H and O–H groups in total. The Kier molecular flexibility index (Phi) is 6.15. The van der Waals surface area contributed by atoms with Gasteiger partial charge in [-0.3, -0.25) is 14.5 Å². The smallest absolute Gasteiger partial charge is 0.469 e. The predicted octanol–water partition coefficient (Wildman–Crippen LogP) is 1.01. The molecule has 9 nitrogen and oxygen atoms in total. The summed E-state index contributed by atoms with van der Waals surface area (Å²) in [5.41, 5.74) is 8.17. The molecule has 0 bridgehead atoms. The highest BCUT2D eigenvalue weighted by atomic mass is 32.2. The van der Waals surface area contributed by atoms with E-state index in [0.29, 0.717) is 0 Å². The van der Waals surface area contributed by atoms with Crippen molar-refractivity contribution in [2.75, 3.05) is 13.7 Å². The maximum Gasteiger partial charge on any atom is 0.473 e. The topological polar surface area (TPSA) is 126 Å². The summed E-state index contributed by atoms with van der Waals surface area (Å²) in [6, 6.07) is 6.64. The minimum Gasteiger partial charge on any atom is -0.469 e. The first-order valence-corrected chi connectivity index (χ1v) is 9.70. The fourth-order valence-corrected chi connectivity index (χ4v) is 4.09. The molecule has 1 aliphatic rings. The molecule has 1 aromatic rings. The first kappa shape index (κ1) is 20.8. The minimum atomic E-state index is -4.34. The van der Waals surface area contributed by atoms with Gasteiger partial charge >= 0.3 is 16.9 Å². The summed E-state index contributed by atoms with van der Waals surface area (Å²) in [4.78, 5) is 28.2. The summed E-state index contributed by atoms with van der Waals surface area (Å²) in [5.74, 6) is -1.46. The lowest BCUT2D eigenvalue weighted by atomic mass is 10.1. The number of rotatable bonds is 4. The minimum absolute atomic E-state index is 0.0292. The highest BCUT2D eigenvalue weighted by molar-refractivity contribution is 8.08. The summed E-state index contributed by atoms with van der Waals surface area (Å²) < 4.78 is 35.7. The van der Waals surface area contributed by atoms with Gasteiger partial charge in [-0.05, 0) is 32.4 Å². The van der Waals surface area contributed by atoms with E-state index in [0.717, 1.165) is 0 Å². The largest absolute Gasteiger partial charge is 0.473 e. The Morgan fingerprint density at radius 1 is 1.33 bits per heavy atom. The first-order chi connectivity index (χ1) is 12.6. The van der Waals surface area contributed by atoms with Crippen molar-refractivity contribution in [3.8, 4) is 0 Å². The quantitative estimate of drug-likeness (QED) is 0.246. The number of carbonyl (C=O) groups is 2. The number of hydrogen-bond acceptors (Lipinski definition) is 6. The van der Waals surface area contributed by atoms with Crippen LogP contribution in [0.4, 0.5) is 0 Å². The monoisotopic (exact) mass is 395 g/mol. The summed E-state index contributed by atoms with van der Waals surface area (Å²) in [6.07, 6.45) is 0.243. The third-order valence-corrected chi connectivity index (χ3v) is 5.94. The van der Waals surface area contributed by atoms with Crippen molar-refractivity contribution in [3.05, 3.63) is 35.9 Å². The molecule has 1 aromatic carbocycles. The van der Waals surface area contributed by atoms with E-state index in [9.17, 15) is 23.5 Å². The number of methoxy groups -OCH3 is 1. The number of hydrogen-bond donors (Lipinski definition) is 0. The van der Waals surface area contributed by atoms with Crippen molar-refractivity contribution < 1.29 is 32.3 Å². The molecule has 1 saturated heterocycles. The van der Waals surface area contributed by atoms with Crippen LogP contribution >= 0.6 is 0 Å². The van der Waals surface area contributed by atoms with Crippen LogP contribution in [0.1, 0.15) is 26.7 Å². The SMILES string of the molecule is COC(=O)CCC1COC(C)(C)N1C(=O)C(=[N+]=[N-])S(=O)(=O)c1ccccc1. The Morgan fingerprint density at radius 3 is 2.52 bits per heavy atom. The van der Waals surface area contributed by atoms with Crippen molar-refractivity contribution in [2.24, 2.45) is 0 Å². The van der Waals surface area contributed by atoms with Crippen LogP contribution in [0.3, 0.4) is 0 Å². The van der Waals surface area contributed by atoms with E-state index in [1.165, 1.54) is 36.3 Å². The standard InChI is InChI=1S/C17H21N3O6S/c1-17(2)20(12(11-26-17)9-10-14(21)25-3)16(22)15(19-18)27(23,24)13-7-5-4-6-8-13/h4-8,12H,9-11H2,1-3H3. The lowest BCUT2D eigenvalue weighted by Gasteiger charge is -2.32. The molecule has 0 saturated carbocycles. The van der Waals surface area contributed by atoms with Crippen LogP contribution in [0.2, 0.25) is 0 Å². The maximum absolute atomic E-state index is 13.0. The molecule has 1 aliphatic heterocycles. The lowest BCUT2D eigenvalue weighted by molar-refractivity contribution is -0.145. The van der Waals surface area contributed by atoms with E-state index in [1.54, 1.807) is 19.9 Å². The average Bonchev–Trinajstić information content (AvgIpc) is 2.94.